The van der Waals surface area contributed by atoms with Crippen molar-refractivity contribution in [1.82, 2.24) is 15.0 Å². The lowest BCUT2D eigenvalue weighted by molar-refractivity contribution is -0.147. The van der Waals surface area contributed by atoms with Gasteiger partial charge in [-0.25, -0.2) is 0 Å². The van der Waals surface area contributed by atoms with Crippen LogP contribution < -0.4 is 0 Å². The van der Waals surface area contributed by atoms with E-state index in [4.69, 9.17) is 4.74 Å². The molecule has 5 nitrogen and oxygen atoms in total. The standard InChI is InChI=1S/C25H21N3O2/c1-16(29)30-25(18-13-11-17(12-14-18)23-15-28(2)27-26-23)24-21-9-5-3-7-19(21)20-8-4-6-10-22(20)24/h3-15,24-25H,1-2H3. The fourth-order valence-corrected chi connectivity index (χ4v) is 4.35. The largest absolute Gasteiger partial charge is 0.457 e. The molecule has 30 heavy (non-hydrogen) atoms. The number of hydrogen-bond acceptors (Lipinski definition) is 4. The lowest BCUT2D eigenvalue weighted by Crippen LogP contribution is -2.17. The lowest BCUT2D eigenvalue weighted by Gasteiger charge is -2.26. The second kappa shape index (κ2) is 7.26. The summed E-state index contributed by atoms with van der Waals surface area (Å²) in [6.45, 7) is 1.47. The molecule has 0 aliphatic heterocycles. The molecule has 0 spiro atoms. The van der Waals surface area contributed by atoms with E-state index in [-0.39, 0.29) is 11.9 Å². The number of ether oxygens (including phenoxy) is 1. The summed E-state index contributed by atoms with van der Waals surface area (Å²) in [5, 5.41) is 8.17. The van der Waals surface area contributed by atoms with Crippen molar-refractivity contribution in [2.24, 2.45) is 7.05 Å². The second-order valence-electron chi connectivity index (χ2n) is 7.58. The summed E-state index contributed by atoms with van der Waals surface area (Å²) < 4.78 is 7.59. The third kappa shape index (κ3) is 3.08. The van der Waals surface area contributed by atoms with Crippen LogP contribution in [0.2, 0.25) is 0 Å². The Balaban J connectivity index is 1.59. The van der Waals surface area contributed by atoms with Gasteiger partial charge in [-0.15, -0.1) is 5.10 Å². The van der Waals surface area contributed by atoms with E-state index in [1.165, 1.54) is 29.2 Å². The second-order valence-corrected chi connectivity index (χ2v) is 7.58. The molecular weight excluding hydrogens is 374 g/mol. The van der Waals surface area contributed by atoms with Crippen molar-refractivity contribution in [2.45, 2.75) is 18.9 Å². The number of benzene rings is 3. The monoisotopic (exact) mass is 395 g/mol. The third-order valence-electron chi connectivity index (χ3n) is 5.62. The SMILES string of the molecule is CC(=O)OC(c1ccc(-c2cn(C)nn2)cc1)C1c2ccccc2-c2ccccc21. The predicted octanol–water partition coefficient (Wildman–Crippen LogP) is 4.90. The number of nitrogens with zero attached hydrogens (tertiary/aromatic N) is 3. The van der Waals surface area contributed by atoms with Gasteiger partial charge in [-0.2, -0.15) is 0 Å². The van der Waals surface area contributed by atoms with Gasteiger partial charge in [-0.3, -0.25) is 9.48 Å². The van der Waals surface area contributed by atoms with E-state index >= 15 is 0 Å². The molecule has 1 aliphatic carbocycles. The zero-order valence-corrected chi connectivity index (χ0v) is 16.8. The van der Waals surface area contributed by atoms with Crippen molar-refractivity contribution in [2.75, 3.05) is 0 Å². The van der Waals surface area contributed by atoms with Gasteiger partial charge >= 0.3 is 5.97 Å². The fourth-order valence-electron chi connectivity index (χ4n) is 4.35. The van der Waals surface area contributed by atoms with Gasteiger partial charge in [0, 0.05) is 19.5 Å². The molecule has 0 fully saturated rings. The van der Waals surface area contributed by atoms with Crippen LogP contribution in [0.25, 0.3) is 22.4 Å². The zero-order chi connectivity index (χ0) is 20.7. The Morgan fingerprint density at radius 3 is 2.07 bits per heavy atom. The molecule has 1 aliphatic rings. The van der Waals surface area contributed by atoms with Crippen molar-refractivity contribution >= 4 is 5.97 Å². The minimum absolute atomic E-state index is 0.0522. The molecule has 0 bridgehead atoms. The summed E-state index contributed by atoms with van der Waals surface area (Å²) in [7, 11) is 1.84. The Labute approximate surface area is 174 Å². The number of carbonyl (C=O) groups is 1. The Morgan fingerprint density at radius 1 is 0.933 bits per heavy atom. The minimum atomic E-state index is -0.414. The Kier molecular flexibility index (Phi) is 4.43. The van der Waals surface area contributed by atoms with Gasteiger partial charge in [-0.1, -0.05) is 78.0 Å². The summed E-state index contributed by atoms with van der Waals surface area (Å²) in [6.07, 6.45) is 1.46. The minimum Gasteiger partial charge on any atom is -0.457 e. The van der Waals surface area contributed by atoms with E-state index in [1.807, 2.05) is 49.6 Å². The molecule has 0 saturated heterocycles. The van der Waals surface area contributed by atoms with Gasteiger partial charge in [0.2, 0.25) is 0 Å². The summed E-state index contributed by atoms with van der Waals surface area (Å²) in [5.74, 6) is -0.344. The van der Waals surface area contributed by atoms with E-state index < -0.39 is 6.10 Å². The molecule has 0 radical (unpaired) electrons. The fraction of sp³-hybridized carbons (Fsp3) is 0.160. The number of aromatic nitrogens is 3. The lowest BCUT2D eigenvalue weighted by atomic mass is 9.87. The van der Waals surface area contributed by atoms with E-state index in [1.54, 1.807) is 4.68 Å². The maximum absolute atomic E-state index is 12.1. The normalized spacial score (nSPS) is 13.5. The van der Waals surface area contributed by atoms with Crippen LogP contribution >= 0.6 is 0 Å². The van der Waals surface area contributed by atoms with Crippen molar-refractivity contribution in [3.05, 3.63) is 95.7 Å². The first-order valence-electron chi connectivity index (χ1n) is 9.94. The number of fused-ring (bicyclic) bond motifs is 3. The molecular formula is C25H21N3O2. The average Bonchev–Trinajstić information content (AvgIpc) is 3.34. The molecule has 1 aromatic heterocycles. The maximum atomic E-state index is 12.1. The van der Waals surface area contributed by atoms with Gasteiger partial charge < -0.3 is 4.74 Å². The first-order chi connectivity index (χ1) is 14.6. The number of rotatable bonds is 4. The molecule has 148 valence electrons. The van der Waals surface area contributed by atoms with E-state index in [9.17, 15) is 4.79 Å². The van der Waals surface area contributed by atoms with Gasteiger partial charge in [0.1, 0.15) is 11.8 Å². The van der Waals surface area contributed by atoms with Crippen molar-refractivity contribution in [3.63, 3.8) is 0 Å². The number of carbonyl (C=O) groups excluding carboxylic acids is 1. The molecule has 0 amide bonds. The van der Waals surface area contributed by atoms with E-state index in [0.717, 1.165) is 16.8 Å². The zero-order valence-electron chi connectivity index (χ0n) is 16.8. The quantitative estimate of drug-likeness (QED) is 0.461. The van der Waals surface area contributed by atoms with Gasteiger partial charge in [-0.05, 0) is 27.8 Å². The highest BCUT2D eigenvalue weighted by Gasteiger charge is 2.36. The van der Waals surface area contributed by atoms with Gasteiger partial charge in [0.05, 0.1) is 12.1 Å². The molecule has 4 aromatic rings. The van der Waals surface area contributed by atoms with Crippen LogP contribution in [0.3, 0.4) is 0 Å². The van der Waals surface area contributed by atoms with Crippen molar-refractivity contribution in [3.8, 4) is 22.4 Å². The van der Waals surface area contributed by atoms with E-state index in [2.05, 4.69) is 46.7 Å². The number of hydrogen-bond donors (Lipinski definition) is 0. The third-order valence-corrected chi connectivity index (χ3v) is 5.62. The molecule has 1 unspecified atom stereocenters. The molecule has 0 N–H and O–H groups in total. The van der Waals surface area contributed by atoms with Crippen LogP contribution in [0.5, 0.6) is 0 Å². The number of aryl methyl sites for hydroxylation is 1. The van der Waals surface area contributed by atoms with E-state index in [0.29, 0.717) is 0 Å². The van der Waals surface area contributed by atoms with Gasteiger partial charge in [0.25, 0.3) is 0 Å². The first-order valence-corrected chi connectivity index (χ1v) is 9.94. The molecule has 3 aromatic carbocycles. The molecule has 5 heteroatoms. The Bertz CT molecular complexity index is 1180. The highest BCUT2D eigenvalue weighted by molar-refractivity contribution is 5.79. The Hall–Kier alpha value is -3.73. The van der Waals surface area contributed by atoms with Crippen LogP contribution in [0.4, 0.5) is 0 Å². The summed E-state index contributed by atoms with van der Waals surface area (Å²) in [6, 6.07) is 24.7. The van der Waals surface area contributed by atoms with Gasteiger partial charge in [0.15, 0.2) is 0 Å². The van der Waals surface area contributed by atoms with Crippen LogP contribution in [-0.2, 0) is 16.6 Å². The number of esters is 1. The molecule has 0 saturated carbocycles. The Morgan fingerprint density at radius 2 is 1.53 bits per heavy atom. The predicted molar refractivity (Wildman–Crippen MR) is 115 cm³/mol. The first kappa shape index (κ1) is 18.3. The smallest absolute Gasteiger partial charge is 0.303 e. The van der Waals surface area contributed by atoms with Crippen LogP contribution in [-0.4, -0.2) is 21.0 Å². The van der Waals surface area contributed by atoms with Crippen LogP contribution in [0, 0.1) is 0 Å². The summed E-state index contributed by atoms with van der Waals surface area (Å²) >= 11 is 0. The van der Waals surface area contributed by atoms with Crippen LogP contribution in [0.1, 0.15) is 35.6 Å². The summed E-state index contributed by atoms with van der Waals surface area (Å²) in [4.78, 5) is 12.1. The maximum Gasteiger partial charge on any atom is 0.303 e. The topological polar surface area (TPSA) is 57.0 Å². The average molecular weight is 395 g/mol. The van der Waals surface area contributed by atoms with Crippen molar-refractivity contribution in [1.29, 1.82) is 0 Å². The molecule has 5 rings (SSSR count). The highest BCUT2D eigenvalue weighted by atomic mass is 16.5. The summed E-state index contributed by atoms with van der Waals surface area (Å²) in [5.41, 5.74) is 7.50. The molecule has 1 heterocycles. The van der Waals surface area contributed by atoms with Crippen LogP contribution in [0.15, 0.2) is 79.0 Å². The molecule has 1 atom stereocenters. The highest BCUT2D eigenvalue weighted by Crippen LogP contribution is 2.51. The van der Waals surface area contributed by atoms with Crippen molar-refractivity contribution < 1.29 is 9.53 Å².